The Morgan fingerprint density at radius 2 is 1.58 bits per heavy atom. The molecule has 0 bridgehead atoms. The van der Waals surface area contributed by atoms with Gasteiger partial charge in [-0.1, -0.05) is 12.8 Å². The van der Waals surface area contributed by atoms with E-state index in [0.717, 1.165) is 44.5 Å². The number of amides is 2. The van der Waals surface area contributed by atoms with E-state index in [1.807, 2.05) is 11.8 Å². The van der Waals surface area contributed by atoms with Crippen LogP contribution in [0.3, 0.4) is 0 Å². The van der Waals surface area contributed by atoms with Crippen LogP contribution in [-0.2, 0) is 4.79 Å². The second-order valence-electron chi connectivity index (χ2n) is 6.85. The average Bonchev–Trinajstić information content (AvgIpc) is 2.91. The molecule has 2 saturated heterocycles. The van der Waals surface area contributed by atoms with Crippen LogP contribution < -0.4 is 0 Å². The zero-order chi connectivity index (χ0) is 16.9. The number of nitrogens with zero attached hydrogens (tertiary/aromatic N) is 4. The van der Waals surface area contributed by atoms with Crippen LogP contribution in [0.1, 0.15) is 54.7 Å². The Morgan fingerprint density at radius 3 is 2.17 bits per heavy atom. The van der Waals surface area contributed by atoms with Crippen molar-refractivity contribution in [1.82, 2.24) is 19.8 Å². The van der Waals surface area contributed by atoms with Crippen LogP contribution in [0.2, 0.25) is 0 Å². The van der Waals surface area contributed by atoms with Gasteiger partial charge < -0.3 is 9.80 Å². The Hall–Kier alpha value is -1.98. The van der Waals surface area contributed by atoms with Crippen molar-refractivity contribution in [2.75, 3.05) is 26.2 Å². The summed E-state index contributed by atoms with van der Waals surface area (Å²) in [7, 11) is 0. The molecule has 0 aliphatic carbocycles. The van der Waals surface area contributed by atoms with Gasteiger partial charge in [-0.15, -0.1) is 0 Å². The molecule has 2 aliphatic heterocycles. The molecule has 1 aromatic rings. The highest BCUT2D eigenvalue weighted by atomic mass is 16.2. The van der Waals surface area contributed by atoms with E-state index in [2.05, 4.69) is 9.97 Å². The zero-order valence-electron chi connectivity index (χ0n) is 14.4. The quantitative estimate of drug-likeness (QED) is 0.832. The normalized spacial score (nSPS) is 19.9. The number of hydrogen-bond donors (Lipinski definition) is 0. The Bertz CT molecular complexity index is 571. The summed E-state index contributed by atoms with van der Waals surface area (Å²) in [5.41, 5.74) is 1.19. The molecular formula is C18H26N4O2. The van der Waals surface area contributed by atoms with Gasteiger partial charge in [0.05, 0.1) is 11.9 Å². The van der Waals surface area contributed by atoms with Gasteiger partial charge in [-0.05, 0) is 32.6 Å². The van der Waals surface area contributed by atoms with Gasteiger partial charge in [0.25, 0.3) is 5.91 Å². The van der Waals surface area contributed by atoms with Crippen molar-refractivity contribution in [3.8, 4) is 0 Å². The van der Waals surface area contributed by atoms with Crippen LogP contribution in [0, 0.1) is 12.8 Å². The summed E-state index contributed by atoms with van der Waals surface area (Å²) >= 11 is 0. The molecule has 2 fully saturated rings. The first-order chi connectivity index (χ1) is 11.6. The summed E-state index contributed by atoms with van der Waals surface area (Å²) in [6.07, 6.45) is 9.35. The van der Waals surface area contributed by atoms with Crippen molar-refractivity contribution >= 4 is 11.8 Å². The summed E-state index contributed by atoms with van der Waals surface area (Å²) < 4.78 is 0. The Kier molecular flexibility index (Phi) is 5.43. The monoisotopic (exact) mass is 330 g/mol. The average molecular weight is 330 g/mol. The first-order valence-electron chi connectivity index (χ1n) is 9.02. The van der Waals surface area contributed by atoms with E-state index in [4.69, 9.17) is 0 Å². The van der Waals surface area contributed by atoms with Gasteiger partial charge >= 0.3 is 0 Å². The molecule has 0 atom stereocenters. The van der Waals surface area contributed by atoms with Gasteiger partial charge in [0.2, 0.25) is 5.91 Å². The minimum atomic E-state index is -0.0804. The molecule has 24 heavy (non-hydrogen) atoms. The standard InChI is InChI=1S/C18H26N4O2/c1-14-12-20-16(13-19-14)18(24)22-10-6-15(7-11-22)17(23)21-8-4-2-3-5-9-21/h12-13,15H,2-11H2,1H3. The van der Waals surface area contributed by atoms with Crippen molar-refractivity contribution in [1.29, 1.82) is 0 Å². The van der Waals surface area contributed by atoms with Gasteiger partial charge in [-0.2, -0.15) is 0 Å². The predicted molar refractivity (Wildman–Crippen MR) is 90.4 cm³/mol. The molecule has 130 valence electrons. The number of aryl methyl sites for hydroxylation is 1. The van der Waals surface area contributed by atoms with Crippen LogP contribution in [0.4, 0.5) is 0 Å². The highest BCUT2D eigenvalue weighted by Gasteiger charge is 2.31. The highest BCUT2D eigenvalue weighted by molar-refractivity contribution is 5.92. The number of aromatic nitrogens is 2. The molecular weight excluding hydrogens is 304 g/mol. The maximum atomic E-state index is 12.7. The smallest absolute Gasteiger partial charge is 0.274 e. The van der Waals surface area contributed by atoms with Gasteiger partial charge in [0.15, 0.2) is 0 Å². The second-order valence-corrected chi connectivity index (χ2v) is 6.85. The molecule has 2 amide bonds. The molecule has 0 unspecified atom stereocenters. The van der Waals surface area contributed by atoms with Crippen molar-refractivity contribution in [3.05, 3.63) is 23.8 Å². The van der Waals surface area contributed by atoms with E-state index in [0.29, 0.717) is 24.7 Å². The largest absolute Gasteiger partial charge is 0.342 e. The fourth-order valence-electron chi connectivity index (χ4n) is 3.54. The molecule has 3 heterocycles. The lowest BCUT2D eigenvalue weighted by Gasteiger charge is -2.33. The van der Waals surface area contributed by atoms with Gasteiger partial charge in [-0.3, -0.25) is 14.6 Å². The molecule has 6 heteroatoms. The first-order valence-corrected chi connectivity index (χ1v) is 9.02. The van der Waals surface area contributed by atoms with E-state index >= 15 is 0 Å². The highest BCUT2D eigenvalue weighted by Crippen LogP contribution is 2.22. The van der Waals surface area contributed by atoms with Crippen molar-refractivity contribution in [2.45, 2.75) is 45.4 Å². The predicted octanol–water partition coefficient (Wildman–Crippen LogP) is 2.04. The third-order valence-corrected chi connectivity index (χ3v) is 5.05. The van der Waals surface area contributed by atoms with E-state index in [-0.39, 0.29) is 11.8 Å². The fourth-order valence-corrected chi connectivity index (χ4v) is 3.54. The van der Waals surface area contributed by atoms with E-state index in [1.54, 1.807) is 11.1 Å². The number of carbonyl (C=O) groups excluding carboxylic acids is 2. The van der Waals surface area contributed by atoms with Crippen molar-refractivity contribution in [2.24, 2.45) is 5.92 Å². The number of likely N-dealkylation sites (tertiary alicyclic amines) is 2. The molecule has 2 aliphatic rings. The lowest BCUT2D eigenvalue weighted by Crippen LogP contribution is -2.44. The van der Waals surface area contributed by atoms with Gasteiger partial charge in [0, 0.05) is 38.3 Å². The Balaban J connectivity index is 1.54. The molecule has 0 aromatic carbocycles. The second kappa shape index (κ2) is 7.73. The maximum absolute atomic E-state index is 12.7. The summed E-state index contributed by atoms with van der Waals surface area (Å²) in [5.74, 6) is 0.276. The number of rotatable bonds is 2. The summed E-state index contributed by atoms with van der Waals surface area (Å²) in [6, 6.07) is 0. The molecule has 0 N–H and O–H groups in total. The number of hydrogen-bond acceptors (Lipinski definition) is 4. The summed E-state index contributed by atoms with van der Waals surface area (Å²) in [4.78, 5) is 37.3. The molecule has 0 saturated carbocycles. The van der Waals surface area contributed by atoms with E-state index < -0.39 is 0 Å². The lowest BCUT2D eigenvalue weighted by molar-refractivity contribution is -0.136. The number of piperidine rings is 1. The van der Waals surface area contributed by atoms with Crippen molar-refractivity contribution in [3.63, 3.8) is 0 Å². The zero-order valence-corrected chi connectivity index (χ0v) is 14.4. The molecule has 0 radical (unpaired) electrons. The van der Waals surface area contributed by atoms with Crippen LogP contribution >= 0.6 is 0 Å². The SMILES string of the molecule is Cc1cnc(C(=O)N2CCC(C(=O)N3CCCCCC3)CC2)cn1. The third kappa shape index (κ3) is 3.91. The Labute approximate surface area is 143 Å². The van der Waals surface area contributed by atoms with Gasteiger partial charge in [-0.25, -0.2) is 4.98 Å². The molecule has 6 nitrogen and oxygen atoms in total. The van der Waals surface area contributed by atoms with Crippen molar-refractivity contribution < 1.29 is 9.59 Å². The summed E-state index contributed by atoms with van der Waals surface area (Å²) in [5, 5.41) is 0. The van der Waals surface area contributed by atoms with Gasteiger partial charge in [0.1, 0.15) is 5.69 Å². The van der Waals surface area contributed by atoms with Crippen LogP contribution in [0.25, 0.3) is 0 Å². The fraction of sp³-hybridized carbons (Fsp3) is 0.667. The van der Waals surface area contributed by atoms with Crippen LogP contribution in [-0.4, -0.2) is 57.8 Å². The van der Waals surface area contributed by atoms with E-state index in [1.165, 1.54) is 19.0 Å². The third-order valence-electron chi connectivity index (χ3n) is 5.05. The first kappa shape index (κ1) is 16.9. The Morgan fingerprint density at radius 1 is 0.917 bits per heavy atom. The maximum Gasteiger partial charge on any atom is 0.274 e. The van der Waals surface area contributed by atoms with Crippen LogP contribution in [0.5, 0.6) is 0 Å². The minimum absolute atomic E-state index is 0.0660. The van der Waals surface area contributed by atoms with Crippen LogP contribution in [0.15, 0.2) is 12.4 Å². The lowest BCUT2D eigenvalue weighted by atomic mass is 9.95. The summed E-state index contributed by atoms with van der Waals surface area (Å²) in [6.45, 7) is 4.90. The molecule has 0 spiro atoms. The molecule has 3 rings (SSSR count). The number of carbonyl (C=O) groups is 2. The topological polar surface area (TPSA) is 66.4 Å². The minimum Gasteiger partial charge on any atom is -0.342 e. The molecule has 1 aromatic heterocycles. The van der Waals surface area contributed by atoms with E-state index in [9.17, 15) is 9.59 Å².